The Balaban J connectivity index is 1.94. The molecule has 0 aliphatic rings. The van der Waals surface area contributed by atoms with Crippen LogP contribution < -0.4 is 10.6 Å². The number of amides is 2. The van der Waals surface area contributed by atoms with Crippen LogP contribution in [0.15, 0.2) is 48.5 Å². The van der Waals surface area contributed by atoms with Gasteiger partial charge in [-0.05, 0) is 48.0 Å². The van der Waals surface area contributed by atoms with Crippen molar-refractivity contribution in [3.8, 4) is 0 Å². The maximum absolute atomic E-state index is 12.0. The smallest absolute Gasteiger partial charge is 0.248 e. The van der Waals surface area contributed by atoms with E-state index in [2.05, 4.69) is 10.6 Å². The maximum Gasteiger partial charge on any atom is 0.248 e. The van der Waals surface area contributed by atoms with Gasteiger partial charge < -0.3 is 10.6 Å². The van der Waals surface area contributed by atoms with Crippen LogP contribution in [-0.4, -0.2) is 11.8 Å². The maximum atomic E-state index is 12.0. The molecule has 0 fully saturated rings. The first-order valence-electron chi connectivity index (χ1n) is 7.70. The largest absolute Gasteiger partial charge is 0.326 e. The van der Waals surface area contributed by atoms with E-state index in [0.717, 1.165) is 5.56 Å². The van der Waals surface area contributed by atoms with Crippen molar-refractivity contribution < 1.29 is 9.59 Å². The summed E-state index contributed by atoms with van der Waals surface area (Å²) < 4.78 is 0. The average molecular weight is 377 g/mol. The van der Waals surface area contributed by atoms with Gasteiger partial charge in [0.2, 0.25) is 11.8 Å². The normalized spacial score (nSPS) is 10.9. The average Bonchev–Trinajstić information content (AvgIpc) is 2.57. The zero-order valence-corrected chi connectivity index (χ0v) is 15.4. The molecular formula is C19H18Cl2N2O2. The molecule has 0 bridgehead atoms. The van der Waals surface area contributed by atoms with Crippen LogP contribution in [0.1, 0.15) is 19.4 Å². The number of carbonyl (C=O) groups excluding carboxylic acids is 2. The van der Waals surface area contributed by atoms with Crippen LogP contribution in [-0.2, 0) is 9.59 Å². The molecular weight excluding hydrogens is 359 g/mol. The zero-order chi connectivity index (χ0) is 18.4. The van der Waals surface area contributed by atoms with Crippen LogP contribution in [0.4, 0.5) is 11.4 Å². The Hall–Kier alpha value is -2.30. The third-order valence-corrected chi connectivity index (χ3v) is 4.05. The van der Waals surface area contributed by atoms with Crippen LogP contribution in [0.25, 0.3) is 6.08 Å². The molecule has 2 rings (SSSR count). The summed E-state index contributed by atoms with van der Waals surface area (Å²) in [4.78, 5) is 23.6. The highest BCUT2D eigenvalue weighted by molar-refractivity contribution is 6.42. The van der Waals surface area contributed by atoms with Gasteiger partial charge >= 0.3 is 0 Å². The van der Waals surface area contributed by atoms with E-state index in [0.29, 0.717) is 21.4 Å². The lowest BCUT2D eigenvalue weighted by molar-refractivity contribution is -0.119. The Morgan fingerprint density at radius 3 is 2.08 bits per heavy atom. The number of rotatable bonds is 5. The SMILES string of the molecule is CC(C)C(=O)Nc1ccc(NC(=O)/C=C/c2ccc(Cl)c(Cl)c2)cc1. The minimum atomic E-state index is -0.273. The second-order valence-electron chi connectivity index (χ2n) is 5.72. The van der Waals surface area contributed by atoms with Gasteiger partial charge in [0.1, 0.15) is 0 Å². The molecule has 2 aromatic carbocycles. The number of halogens is 2. The van der Waals surface area contributed by atoms with Crippen LogP contribution in [0.3, 0.4) is 0 Å². The van der Waals surface area contributed by atoms with Gasteiger partial charge in [-0.1, -0.05) is 43.1 Å². The first kappa shape index (κ1) is 19.0. The molecule has 0 saturated heterocycles. The van der Waals surface area contributed by atoms with Gasteiger partial charge in [-0.3, -0.25) is 9.59 Å². The third kappa shape index (κ3) is 5.93. The van der Waals surface area contributed by atoms with E-state index < -0.39 is 0 Å². The van der Waals surface area contributed by atoms with E-state index in [1.54, 1.807) is 48.5 Å². The number of benzene rings is 2. The second kappa shape index (κ2) is 8.70. The zero-order valence-electron chi connectivity index (χ0n) is 13.8. The fourth-order valence-electron chi connectivity index (χ4n) is 1.90. The van der Waals surface area contributed by atoms with E-state index in [9.17, 15) is 9.59 Å². The number of anilines is 2. The van der Waals surface area contributed by atoms with Crippen LogP contribution in [0.2, 0.25) is 10.0 Å². The first-order valence-corrected chi connectivity index (χ1v) is 8.46. The van der Waals surface area contributed by atoms with E-state index in [1.807, 2.05) is 13.8 Å². The molecule has 6 heteroatoms. The summed E-state index contributed by atoms with van der Waals surface area (Å²) in [5.41, 5.74) is 2.09. The predicted molar refractivity (Wildman–Crippen MR) is 104 cm³/mol. The van der Waals surface area contributed by atoms with E-state index >= 15 is 0 Å². The Morgan fingerprint density at radius 2 is 1.52 bits per heavy atom. The molecule has 25 heavy (non-hydrogen) atoms. The molecule has 2 aromatic rings. The van der Waals surface area contributed by atoms with Gasteiger partial charge in [0.05, 0.1) is 10.0 Å². The molecule has 0 aromatic heterocycles. The highest BCUT2D eigenvalue weighted by Crippen LogP contribution is 2.23. The van der Waals surface area contributed by atoms with Crippen molar-refractivity contribution in [3.63, 3.8) is 0 Å². The second-order valence-corrected chi connectivity index (χ2v) is 6.53. The topological polar surface area (TPSA) is 58.2 Å². The highest BCUT2D eigenvalue weighted by atomic mass is 35.5. The Labute approximate surface area is 156 Å². The summed E-state index contributed by atoms with van der Waals surface area (Å²) in [5.74, 6) is -0.419. The molecule has 2 N–H and O–H groups in total. The first-order chi connectivity index (χ1) is 11.8. The molecule has 0 aliphatic carbocycles. The number of hydrogen-bond acceptors (Lipinski definition) is 2. The molecule has 0 atom stereocenters. The molecule has 2 amide bonds. The van der Waals surface area contributed by atoms with Crippen molar-refractivity contribution in [1.82, 2.24) is 0 Å². The molecule has 0 heterocycles. The lowest BCUT2D eigenvalue weighted by atomic mass is 10.2. The summed E-state index contributed by atoms with van der Waals surface area (Å²) in [7, 11) is 0. The molecule has 0 saturated carbocycles. The Kier molecular flexibility index (Phi) is 6.62. The summed E-state index contributed by atoms with van der Waals surface area (Å²) >= 11 is 11.8. The summed E-state index contributed by atoms with van der Waals surface area (Å²) in [6.07, 6.45) is 3.06. The molecule has 0 aliphatic heterocycles. The van der Waals surface area contributed by atoms with Crippen LogP contribution in [0.5, 0.6) is 0 Å². The lowest BCUT2D eigenvalue weighted by Crippen LogP contribution is -2.17. The van der Waals surface area contributed by atoms with Crippen molar-refractivity contribution in [2.24, 2.45) is 5.92 Å². The number of hydrogen-bond donors (Lipinski definition) is 2. The van der Waals surface area contributed by atoms with Gasteiger partial charge in [0.15, 0.2) is 0 Å². The fraction of sp³-hybridized carbons (Fsp3) is 0.158. The minimum Gasteiger partial charge on any atom is -0.326 e. The summed E-state index contributed by atoms with van der Waals surface area (Å²) in [6, 6.07) is 12.0. The van der Waals surface area contributed by atoms with Gasteiger partial charge in [-0.2, -0.15) is 0 Å². The Morgan fingerprint density at radius 1 is 0.920 bits per heavy atom. The molecule has 0 radical (unpaired) electrons. The van der Waals surface area contributed by atoms with Crippen molar-refractivity contribution in [2.75, 3.05) is 10.6 Å². The molecule has 0 spiro atoms. The third-order valence-electron chi connectivity index (χ3n) is 3.32. The van der Waals surface area contributed by atoms with Gasteiger partial charge in [0.25, 0.3) is 0 Å². The quantitative estimate of drug-likeness (QED) is 0.700. The summed E-state index contributed by atoms with van der Waals surface area (Å²) in [5, 5.41) is 6.43. The minimum absolute atomic E-state index is 0.0543. The molecule has 130 valence electrons. The standard InChI is InChI=1S/C19H18Cl2N2O2/c1-12(2)19(25)23-15-7-5-14(6-8-15)22-18(24)10-4-13-3-9-16(20)17(21)11-13/h3-12H,1-2H3,(H,22,24)(H,23,25)/b10-4+. The van der Waals surface area contributed by atoms with Crippen molar-refractivity contribution in [2.45, 2.75) is 13.8 Å². The Bertz CT molecular complexity index is 800. The van der Waals surface area contributed by atoms with Crippen molar-refractivity contribution >= 4 is 52.5 Å². The van der Waals surface area contributed by atoms with E-state index in [-0.39, 0.29) is 17.7 Å². The van der Waals surface area contributed by atoms with Crippen LogP contribution in [0, 0.1) is 5.92 Å². The predicted octanol–water partition coefficient (Wildman–Crippen LogP) is 5.24. The van der Waals surface area contributed by atoms with Gasteiger partial charge in [-0.15, -0.1) is 0 Å². The van der Waals surface area contributed by atoms with Crippen molar-refractivity contribution in [1.29, 1.82) is 0 Å². The molecule has 0 unspecified atom stereocenters. The molecule has 4 nitrogen and oxygen atoms in total. The lowest BCUT2D eigenvalue weighted by Gasteiger charge is -2.08. The van der Waals surface area contributed by atoms with Crippen molar-refractivity contribution in [3.05, 3.63) is 64.1 Å². The van der Waals surface area contributed by atoms with Crippen LogP contribution >= 0.6 is 23.2 Å². The van der Waals surface area contributed by atoms with Gasteiger partial charge in [0, 0.05) is 23.4 Å². The van der Waals surface area contributed by atoms with Gasteiger partial charge in [-0.25, -0.2) is 0 Å². The monoisotopic (exact) mass is 376 g/mol. The fourth-order valence-corrected chi connectivity index (χ4v) is 2.20. The highest BCUT2D eigenvalue weighted by Gasteiger charge is 2.07. The number of nitrogens with one attached hydrogen (secondary N) is 2. The summed E-state index contributed by atoms with van der Waals surface area (Å²) in [6.45, 7) is 3.65. The number of carbonyl (C=O) groups is 2. The van der Waals surface area contributed by atoms with E-state index in [4.69, 9.17) is 23.2 Å². The van der Waals surface area contributed by atoms with E-state index in [1.165, 1.54) is 6.08 Å².